The molecule has 2 aromatic rings. The van der Waals surface area contributed by atoms with Gasteiger partial charge in [-0.25, -0.2) is 0 Å². The largest absolute Gasteiger partial charge is 0.495 e. The van der Waals surface area contributed by atoms with E-state index in [1.807, 2.05) is 0 Å². The predicted octanol–water partition coefficient (Wildman–Crippen LogP) is 2.79. The highest BCUT2D eigenvalue weighted by molar-refractivity contribution is 6.31. The maximum absolute atomic E-state index is 12.5. The standard InChI is InChI=1S/C18H17ClN2O5/c1-21(18(23)11-3-5-15-16(7-11)26-10-25-15)9-17(22)20-13-8-12(19)4-6-14(13)24-2/h3-8H,9-10H2,1-2H3,(H,20,22). The van der Waals surface area contributed by atoms with Gasteiger partial charge in [-0.2, -0.15) is 0 Å². The van der Waals surface area contributed by atoms with E-state index in [4.69, 9.17) is 25.8 Å². The Labute approximate surface area is 155 Å². The lowest BCUT2D eigenvalue weighted by atomic mass is 10.2. The molecule has 1 aliphatic heterocycles. The molecule has 1 aliphatic rings. The molecule has 1 N–H and O–H groups in total. The number of anilines is 1. The van der Waals surface area contributed by atoms with Gasteiger partial charge in [0.1, 0.15) is 5.75 Å². The number of likely N-dealkylation sites (N-methyl/N-ethyl adjacent to an activating group) is 1. The number of fused-ring (bicyclic) bond motifs is 1. The van der Waals surface area contributed by atoms with Gasteiger partial charge in [-0.1, -0.05) is 11.6 Å². The van der Waals surface area contributed by atoms with Crippen molar-refractivity contribution in [3.63, 3.8) is 0 Å². The number of ether oxygens (including phenoxy) is 3. The van der Waals surface area contributed by atoms with Crippen molar-refractivity contribution in [1.29, 1.82) is 0 Å². The molecule has 2 aromatic carbocycles. The van der Waals surface area contributed by atoms with Crippen molar-refractivity contribution in [2.45, 2.75) is 0 Å². The van der Waals surface area contributed by atoms with E-state index in [1.54, 1.807) is 43.4 Å². The molecule has 2 amide bonds. The summed E-state index contributed by atoms with van der Waals surface area (Å²) in [5.74, 6) is 0.901. The summed E-state index contributed by atoms with van der Waals surface area (Å²) in [5.41, 5.74) is 0.846. The minimum absolute atomic E-state index is 0.132. The molecular weight excluding hydrogens is 360 g/mol. The third kappa shape index (κ3) is 3.83. The first-order valence-corrected chi connectivity index (χ1v) is 8.14. The third-order valence-corrected chi connectivity index (χ3v) is 4.02. The van der Waals surface area contributed by atoms with Crippen LogP contribution in [0.3, 0.4) is 0 Å². The van der Waals surface area contributed by atoms with Gasteiger partial charge in [0.15, 0.2) is 11.5 Å². The number of benzene rings is 2. The minimum Gasteiger partial charge on any atom is -0.495 e. The lowest BCUT2D eigenvalue weighted by Crippen LogP contribution is -2.35. The number of nitrogens with zero attached hydrogens (tertiary/aromatic N) is 1. The van der Waals surface area contributed by atoms with E-state index in [0.29, 0.717) is 33.5 Å². The van der Waals surface area contributed by atoms with E-state index in [9.17, 15) is 9.59 Å². The smallest absolute Gasteiger partial charge is 0.254 e. The maximum Gasteiger partial charge on any atom is 0.254 e. The van der Waals surface area contributed by atoms with Crippen LogP contribution in [0, 0.1) is 0 Å². The predicted molar refractivity (Wildman–Crippen MR) is 96.2 cm³/mol. The quantitative estimate of drug-likeness (QED) is 0.868. The van der Waals surface area contributed by atoms with Crippen LogP contribution in [0.25, 0.3) is 0 Å². The number of rotatable bonds is 5. The zero-order chi connectivity index (χ0) is 18.7. The molecule has 0 bridgehead atoms. The first kappa shape index (κ1) is 17.9. The van der Waals surface area contributed by atoms with Gasteiger partial charge in [0.2, 0.25) is 12.7 Å². The average Bonchev–Trinajstić information content (AvgIpc) is 3.08. The monoisotopic (exact) mass is 376 g/mol. The summed E-state index contributed by atoms with van der Waals surface area (Å²) in [6, 6.07) is 9.78. The third-order valence-electron chi connectivity index (χ3n) is 3.78. The van der Waals surface area contributed by atoms with Crippen molar-refractivity contribution in [2.24, 2.45) is 0 Å². The molecule has 136 valence electrons. The van der Waals surface area contributed by atoms with E-state index < -0.39 is 0 Å². The molecule has 1 heterocycles. The van der Waals surface area contributed by atoms with Crippen LogP contribution in [-0.4, -0.2) is 44.2 Å². The van der Waals surface area contributed by atoms with Gasteiger partial charge in [0, 0.05) is 17.6 Å². The van der Waals surface area contributed by atoms with Gasteiger partial charge < -0.3 is 24.4 Å². The van der Waals surface area contributed by atoms with Gasteiger partial charge in [-0.3, -0.25) is 9.59 Å². The van der Waals surface area contributed by atoms with Crippen LogP contribution < -0.4 is 19.5 Å². The second kappa shape index (κ2) is 7.53. The summed E-state index contributed by atoms with van der Waals surface area (Å²) >= 11 is 5.95. The highest BCUT2D eigenvalue weighted by Crippen LogP contribution is 2.32. The molecule has 0 atom stereocenters. The Bertz CT molecular complexity index is 855. The normalized spacial score (nSPS) is 11.8. The number of hydrogen-bond donors (Lipinski definition) is 1. The highest BCUT2D eigenvalue weighted by Gasteiger charge is 2.20. The number of carbonyl (C=O) groups is 2. The lowest BCUT2D eigenvalue weighted by molar-refractivity contribution is -0.116. The van der Waals surface area contributed by atoms with Gasteiger partial charge in [0.25, 0.3) is 5.91 Å². The molecule has 26 heavy (non-hydrogen) atoms. The molecule has 8 heteroatoms. The first-order valence-electron chi connectivity index (χ1n) is 7.76. The molecule has 0 aromatic heterocycles. The number of carbonyl (C=O) groups excluding carboxylic acids is 2. The fourth-order valence-electron chi connectivity index (χ4n) is 2.50. The van der Waals surface area contributed by atoms with E-state index in [2.05, 4.69) is 5.32 Å². The fourth-order valence-corrected chi connectivity index (χ4v) is 2.68. The summed E-state index contributed by atoms with van der Waals surface area (Å²) in [5, 5.41) is 3.16. The number of amides is 2. The van der Waals surface area contributed by atoms with Crippen LogP contribution in [0.2, 0.25) is 5.02 Å². The van der Waals surface area contributed by atoms with E-state index >= 15 is 0 Å². The zero-order valence-corrected chi connectivity index (χ0v) is 15.0. The molecule has 0 spiro atoms. The summed E-state index contributed by atoms with van der Waals surface area (Å²) in [7, 11) is 3.04. The molecule has 0 unspecified atom stereocenters. The first-order chi connectivity index (χ1) is 12.5. The molecule has 0 fully saturated rings. The number of nitrogens with one attached hydrogen (secondary N) is 1. The lowest BCUT2D eigenvalue weighted by Gasteiger charge is -2.18. The van der Waals surface area contributed by atoms with Crippen LogP contribution in [0.1, 0.15) is 10.4 Å². The Balaban J connectivity index is 1.65. The Hall–Kier alpha value is -2.93. The topological polar surface area (TPSA) is 77.1 Å². The molecule has 0 aliphatic carbocycles. The zero-order valence-electron chi connectivity index (χ0n) is 14.2. The molecular formula is C18H17ClN2O5. The van der Waals surface area contributed by atoms with Crippen molar-refractivity contribution in [3.05, 3.63) is 47.0 Å². The molecule has 3 rings (SSSR count). The number of halogens is 1. The maximum atomic E-state index is 12.5. The highest BCUT2D eigenvalue weighted by atomic mass is 35.5. The van der Waals surface area contributed by atoms with Crippen molar-refractivity contribution in [1.82, 2.24) is 4.90 Å². The Morgan fingerprint density at radius 2 is 1.96 bits per heavy atom. The molecule has 0 saturated heterocycles. The number of methoxy groups -OCH3 is 1. The Morgan fingerprint density at radius 1 is 1.19 bits per heavy atom. The molecule has 7 nitrogen and oxygen atoms in total. The van der Waals surface area contributed by atoms with Crippen LogP contribution in [0.4, 0.5) is 5.69 Å². The van der Waals surface area contributed by atoms with Crippen molar-refractivity contribution >= 4 is 29.1 Å². The summed E-state index contributed by atoms with van der Waals surface area (Å²) in [4.78, 5) is 26.1. The van der Waals surface area contributed by atoms with Gasteiger partial charge in [-0.15, -0.1) is 0 Å². The van der Waals surface area contributed by atoms with Crippen LogP contribution in [0.5, 0.6) is 17.2 Å². The minimum atomic E-state index is -0.373. The average molecular weight is 377 g/mol. The summed E-state index contributed by atoms with van der Waals surface area (Å²) < 4.78 is 15.7. The number of hydrogen-bond acceptors (Lipinski definition) is 5. The van der Waals surface area contributed by atoms with Gasteiger partial charge in [0.05, 0.1) is 19.3 Å². The van der Waals surface area contributed by atoms with Crippen molar-refractivity contribution < 1.29 is 23.8 Å². The van der Waals surface area contributed by atoms with Crippen LogP contribution in [0.15, 0.2) is 36.4 Å². The van der Waals surface area contributed by atoms with E-state index in [1.165, 1.54) is 12.0 Å². The fraction of sp³-hybridized carbons (Fsp3) is 0.222. The van der Waals surface area contributed by atoms with Crippen LogP contribution >= 0.6 is 11.6 Å². The molecule has 0 saturated carbocycles. The summed E-state index contributed by atoms with van der Waals surface area (Å²) in [6.07, 6.45) is 0. The van der Waals surface area contributed by atoms with Crippen molar-refractivity contribution in [3.8, 4) is 17.2 Å². The molecule has 0 radical (unpaired) electrons. The van der Waals surface area contributed by atoms with E-state index in [0.717, 1.165) is 0 Å². The SMILES string of the molecule is COc1ccc(Cl)cc1NC(=O)CN(C)C(=O)c1ccc2c(c1)OCO2. The van der Waals surface area contributed by atoms with E-state index in [-0.39, 0.29) is 25.2 Å². The van der Waals surface area contributed by atoms with Crippen molar-refractivity contribution in [2.75, 3.05) is 32.8 Å². The van der Waals surface area contributed by atoms with Gasteiger partial charge >= 0.3 is 0 Å². The Kier molecular flexibility index (Phi) is 5.18. The Morgan fingerprint density at radius 3 is 2.73 bits per heavy atom. The second-order valence-electron chi connectivity index (χ2n) is 5.62. The second-order valence-corrected chi connectivity index (χ2v) is 6.06. The van der Waals surface area contributed by atoms with Gasteiger partial charge in [-0.05, 0) is 36.4 Å². The summed E-state index contributed by atoms with van der Waals surface area (Å²) in [6.45, 7) is -0.00433. The van der Waals surface area contributed by atoms with Crippen LogP contribution in [-0.2, 0) is 4.79 Å².